The van der Waals surface area contributed by atoms with Crippen molar-refractivity contribution >= 4 is 27.6 Å². The first-order valence-electron chi connectivity index (χ1n) is 13.6. The number of para-hydroxylation sites is 1. The second-order valence-corrected chi connectivity index (χ2v) is 11.1. The third kappa shape index (κ3) is 6.07. The third-order valence-corrected chi connectivity index (χ3v) is 7.82. The molecular formula is C33H30BrN3O5. The highest BCUT2D eigenvalue weighted by molar-refractivity contribution is 9.10. The summed E-state index contributed by atoms with van der Waals surface area (Å²) in [6.45, 7) is 1.33. The second kappa shape index (κ2) is 12.2. The van der Waals surface area contributed by atoms with Crippen LogP contribution in [0.1, 0.15) is 39.3 Å². The van der Waals surface area contributed by atoms with Crippen LogP contribution in [-0.4, -0.2) is 40.3 Å². The summed E-state index contributed by atoms with van der Waals surface area (Å²) in [5, 5.41) is 10.3. The molecule has 3 unspecified atom stereocenters. The molecule has 0 bridgehead atoms. The summed E-state index contributed by atoms with van der Waals surface area (Å²) in [7, 11) is 0. The number of esters is 1. The number of fused-ring (bicyclic) bond motifs is 1. The highest BCUT2D eigenvalue weighted by atomic mass is 79.9. The van der Waals surface area contributed by atoms with E-state index in [2.05, 4.69) is 28.1 Å². The van der Waals surface area contributed by atoms with E-state index in [9.17, 15) is 9.90 Å². The van der Waals surface area contributed by atoms with E-state index >= 15 is 0 Å². The van der Waals surface area contributed by atoms with E-state index in [1.54, 1.807) is 30.3 Å². The molecule has 0 amide bonds. The summed E-state index contributed by atoms with van der Waals surface area (Å²) in [6.07, 6.45) is 2.38. The van der Waals surface area contributed by atoms with Gasteiger partial charge in [-0.3, -0.25) is 0 Å². The summed E-state index contributed by atoms with van der Waals surface area (Å²) in [5.74, 6) is -0.105. The van der Waals surface area contributed by atoms with Gasteiger partial charge in [0.15, 0.2) is 0 Å². The van der Waals surface area contributed by atoms with Gasteiger partial charge in [0.1, 0.15) is 29.3 Å². The average molecular weight is 629 g/mol. The van der Waals surface area contributed by atoms with Gasteiger partial charge in [0, 0.05) is 22.6 Å². The lowest BCUT2D eigenvalue weighted by Crippen LogP contribution is -2.45. The van der Waals surface area contributed by atoms with Crippen LogP contribution in [0, 0.1) is 0 Å². The van der Waals surface area contributed by atoms with E-state index in [4.69, 9.17) is 19.9 Å². The van der Waals surface area contributed by atoms with Crippen LogP contribution in [-0.2, 0) is 16.1 Å². The molecule has 3 atom stereocenters. The molecule has 0 aliphatic carbocycles. The number of carbonyl (C=O) groups excluding carboxylic acids is 1. The molecule has 2 heterocycles. The fraction of sp³-hybridized carbons (Fsp3) is 0.182. The number of phenolic OH excluding ortho intramolecular Hbond substituents is 1. The lowest BCUT2D eigenvalue weighted by molar-refractivity contribution is -0.0909. The number of hydrogen-bond donors (Lipinski definition) is 2. The summed E-state index contributed by atoms with van der Waals surface area (Å²) in [6, 6.07) is 29.6. The standard InChI is InChI=1S/C33H30BrN3O5/c34-24-10-15-27-23(18-24)21-40-31(27)20-37-17-16-36(33(37)42-32(39)28-8-4-5-9-29(28)38)19-30(22-6-2-1-3-7-22)41-26-13-11-25(35)12-14-26/h1-18,30-31,33,38H,19-21,35H2. The predicted octanol–water partition coefficient (Wildman–Crippen LogP) is 6.36. The molecule has 3 N–H and O–H groups in total. The SMILES string of the molecule is Nc1ccc(OC(CN2C=CN(CC3OCc4cc(Br)ccc43)C2OC(=O)c2ccccc2O)c2ccccc2)cc1. The van der Waals surface area contributed by atoms with Crippen LogP contribution in [0.2, 0.25) is 0 Å². The molecule has 42 heavy (non-hydrogen) atoms. The molecule has 8 nitrogen and oxygen atoms in total. The minimum atomic E-state index is -0.804. The van der Waals surface area contributed by atoms with Gasteiger partial charge in [-0.15, -0.1) is 0 Å². The summed E-state index contributed by atoms with van der Waals surface area (Å²) >= 11 is 3.53. The molecule has 0 radical (unpaired) electrons. The average Bonchev–Trinajstić information content (AvgIpc) is 3.57. The molecule has 2 aliphatic heterocycles. The molecule has 6 rings (SSSR count). The number of halogens is 1. The maximum atomic E-state index is 13.3. The number of benzene rings is 4. The summed E-state index contributed by atoms with van der Waals surface area (Å²) in [5.41, 5.74) is 9.82. The van der Waals surface area contributed by atoms with Crippen LogP contribution < -0.4 is 10.5 Å². The van der Waals surface area contributed by atoms with Crippen molar-refractivity contribution in [2.75, 3.05) is 18.8 Å². The van der Waals surface area contributed by atoms with E-state index in [-0.39, 0.29) is 17.4 Å². The van der Waals surface area contributed by atoms with Crippen molar-refractivity contribution in [1.29, 1.82) is 0 Å². The lowest BCUT2D eigenvalue weighted by Gasteiger charge is -2.35. The maximum Gasteiger partial charge on any atom is 0.345 e. The Balaban J connectivity index is 1.27. The minimum absolute atomic E-state index is 0.0920. The quantitative estimate of drug-likeness (QED) is 0.163. The van der Waals surface area contributed by atoms with Gasteiger partial charge in [0.25, 0.3) is 6.35 Å². The van der Waals surface area contributed by atoms with Crippen molar-refractivity contribution < 1.29 is 24.1 Å². The largest absolute Gasteiger partial charge is 0.507 e. The number of aromatic hydroxyl groups is 1. The highest BCUT2D eigenvalue weighted by Crippen LogP contribution is 2.35. The lowest BCUT2D eigenvalue weighted by atomic mass is 10.1. The summed E-state index contributed by atoms with van der Waals surface area (Å²) in [4.78, 5) is 17.2. The van der Waals surface area contributed by atoms with E-state index in [0.717, 1.165) is 21.2 Å². The molecule has 0 saturated carbocycles. The zero-order chi connectivity index (χ0) is 29.1. The molecule has 0 fully saturated rings. The van der Waals surface area contributed by atoms with Crippen LogP contribution in [0.25, 0.3) is 0 Å². The van der Waals surface area contributed by atoms with Crippen molar-refractivity contribution in [2.45, 2.75) is 25.2 Å². The third-order valence-electron chi connectivity index (χ3n) is 7.33. The van der Waals surface area contributed by atoms with Gasteiger partial charge >= 0.3 is 5.97 Å². The molecule has 4 aromatic carbocycles. The maximum absolute atomic E-state index is 13.3. The zero-order valence-corrected chi connectivity index (χ0v) is 24.3. The van der Waals surface area contributed by atoms with E-state index in [0.29, 0.717) is 31.1 Å². The first-order valence-corrected chi connectivity index (χ1v) is 14.4. The van der Waals surface area contributed by atoms with Gasteiger partial charge in [0.05, 0.1) is 19.7 Å². The van der Waals surface area contributed by atoms with E-state index in [1.165, 1.54) is 6.07 Å². The Labute approximate surface area is 252 Å². The number of carbonyl (C=O) groups is 1. The van der Waals surface area contributed by atoms with E-state index in [1.807, 2.05) is 70.7 Å². The molecule has 4 aromatic rings. The first kappa shape index (κ1) is 27.7. The fourth-order valence-electron chi connectivity index (χ4n) is 5.17. The number of ether oxygens (including phenoxy) is 3. The van der Waals surface area contributed by atoms with Crippen LogP contribution in [0.3, 0.4) is 0 Å². The van der Waals surface area contributed by atoms with Gasteiger partial charge in [-0.25, -0.2) is 4.79 Å². The van der Waals surface area contributed by atoms with Crippen LogP contribution in [0.5, 0.6) is 11.5 Å². The number of nitrogens with zero attached hydrogens (tertiary/aromatic N) is 2. The Morgan fingerprint density at radius 2 is 1.71 bits per heavy atom. The topological polar surface area (TPSA) is 97.5 Å². The second-order valence-electron chi connectivity index (χ2n) is 10.2. The number of nitrogen functional groups attached to an aromatic ring is 1. The van der Waals surface area contributed by atoms with Crippen molar-refractivity contribution in [3.63, 3.8) is 0 Å². The number of rotatable bonds is 9. The van der Waals surface area contributed by atoms with Crippen molar-refractivity contribution in [2.24, 2.45) is 0 Å². The Hall–Kier alpha value is -4.47. The molecular weight excluding hydrogens is 598 g/mol. The van der Waals surface area contributed by atoms with Crippen molar-refractivity contribution in [3.05, 3.63) is 136 Å². The smallest absolute Gasteiger partial charge is 0.345 e. The number of phenols is 1. The Bertz CT molecular complexity index is 1580. The van der Waals surface area contributed by atoms with Gasteiger partial charge in [-0.05, 0) is 65.2 Å². The molecule has 0 spiro atoms. The molecule has 0 aromatic heterocycles. The summed E-state index contributed by atoms with van der Waals surface area (Å²) < 4.78 is 19.7. The van der Waals surface area contributed by atoms with Crippen molar-refractivity contribution in [1.82, 2.24) is 9.80 Å². The molecule has 214 valence electrons. The fourth-order valence-corrected chi connectivity index (χ4v) is 5.58. The Morgan fingerprint density at radius 3 is 2.50 bits per heavy atom. The van der Waals surface area contributed by atoms with Crippen LogP contribution >= 0.6 is 15.9 Å². The van der Waals surface area contributed by atoms with Crippen LogP contribution in [0.4, 0.5) is 5.69 Å². The van der Waals surface area contributed by atoms with Gasteiger partial charge in [-0.1, -0.05) is 64.5 Å². The van der Waals surface area contributed by atoms with Gasteiger partial charge < -0.3 is 34.9 Å². The molecule has 9 heteroatoms. The first-order chi connectivity index (χ1) is 20.4. The van der Waals surface area contributed by atoms with Gasteiger partial charge in [-0.2, -0.15) is 0 Å². The molecule has 2 aliphatic rings. The Morgan fingerprint density at radius 1 is 0.976 bits per heavy atom. The predicted molar refractivity (Wildman–Crippen MR) is 162 cm³/mol. The van der Waals surface area contributed by atoms with E-state index < -0.39 is 18.4 Å². The Kier molecular flexibility index (Phi) is 8.03. The zero-order valence-electron chi connectivity index (χ0n) is 22.7. The molecule has 0 saturated heterocycles. The van der Waals surface area contributed by atoms with Crippen molar-refractivity contribution in [3.8, 4) is 11.5 Å². The number of nitrogens with two attached hydrogens (primary N) is 1. The minimum Gasteiger partial charge on any atom is -0.507 e. The number of anilines is 1. The van der Waals surface area contributed by atoms with Crippen LogP contribution in [0.15, 0.2) is 114 Å². The monoisotopic (exact) mass is 627 g/mol. The normalized spacial score (nSPS) is 18.1. The highest BCUT2D eigenvalue weighted by Gasteiger charge is 2.36. The van der Waals surface area contributed by atoms with Gasteiger partial charge in [0.2, 0.25) is 0 Å². The number of hydrogen-bond acceptors (Lipinski definition) is 8.